The van der Waals surface area contributed by atoms with Gasteiger partial charge in [0, 0.05) is 17.8 Å². The van der Waals surface area contributed by atoms with Gasteiger partial charge in [-0.1, -0.05) is 54.6 Å². The van der Waals surface area contributed by atoms with Gasteiger partial charge >= 0.3 is 12.1 Å². The van der Waals surface area contributed by atoms with Crippen LogP contribution in [-0.2, 0) is 38.7 Å². The van der Waals surface area contributed by atoms with E-state index in [-0.39, 0.29) is 31.0 Å². The molecule has 49 heavy (non-hydrogen) atoms. The Balaban J connectivity index is 1.42. The minimum Gasteiger partial charge on any atom is -0.458 e. The van der Waals surface area contributed by atoms with Crippen LogP contribution in [0.2, 0.25) is 0 Å². The van der Waals surface area contributed by atoms with Crippen molar-refractivity contribution in [3.8, 4) is 0 Å². The zero-order valence-electron chi connectivity index (χ0n) is 28.4. The van der Waals surface area contributed by atoms with E-state index in [2.05, 4.69) is 34.3 Å². The number of anilines is 3. The van der Waals surface area contributed by atoms with Crippen molar-refractivity contribution in [1.29, 1.82) is 0 Å². The zero-order chi connectivity index (χ0) is 35.1. The summed E-state index contributed by atoms with van der Waals surface area (Å²) in [5, 5.41) is 14.5. The first kappa shape index (κ1) is 35.2. The molecule has 1 aromatic heterocycles. The number of hydrogen-bond donors (Lipinski definition) is 2. The SMILES string of the molecule is Cc1c(COC(=O)[C@H](CO)N(Cc2ccccc2)OC(=O)OC(C)(C)C)nc(Nc2ccc(F)cc2)nc1N1CCc2ccccc2C1C. The second-order valence-corrected chi connectivity index (χ2v) is 12.8. The van der Waals surface area contributed by atoms with Gasteiger partial charge in [0.15, 0.2) is 6.04 Å². The fourth-order valence-corrected chi connectivity index (χ4v) is 5.60. The number of hydrogen-bond acceptors (Lipinski definition) is 11. The number of benzene rings is 3. The monoisotopic (exact) mass is 671 g/mol. The molecule has 3 aromatic carbocycles. The van der Waals surface area contributed by atoms with Gasteiger partial charge in [0.05, 0.1) is 24.9 Å². The normalized spacial score (nSPS) is 14.9. The van der Waals surface area contributed by atoms with Crippen LogP contribution in [0.1, 0.15) is 61.7 Å². The maximum Gasteiger partial charge on any atom is 0.528 e. The van der Waals surface area contributed by atoms with Gasteiger partial charge < -0.3 is 29.6 Å². The van der Waals surface area contributed by atoms with Gasteiger partial charge in [0.2, 0.25) is 5.95 Å². The summed E-state index contributed by atoms with van der Waals surface area (Å²) in [7, 11) is 0. The average molecular weight is 672 g/mol. The molecule has 2 heterocycles. The Morgan fingerprint density at radius 3 is 2.43 bits per heavy atom. The number of rotatable bonds is 11. The highest BCUT2D eigenvalue weighted by atomic mass is 19.1. The van der Waals surface area contributed by atoms with Crippen molar-refractivity contribution in [2.75, 3.05) is 23.4 Å². The maximum absolute atomic E-state index is 13.6. The molecular weight excluding hydrogens is 629 g/mol. The number of esters is 1. The van der Waals surface area contributed by atoms with E-state index in [1.54, 1.807) is 45.0 Å². The van der Waals surface area contributed by atoms with Gasteiger partial charge in [-0.2, -0.15) is 4.98 Å². The number of halogens is 1. The summed E-state index contributed by atoms with van der Waals surface area (Å²) in [5.74, 6) is -0.318. The Morgan fingerprint density at radius 1 is 1.04 bits per heavy atom. The van der Waals surface area contributed by atoms with Crippen molar-refractivity contribution < 1.29 is 33.4 Å². The molecule has 0 aliphatic carbocycles. The van der Waals surface area contributed by atoms with E-state index in [4.69, 9.17) is 19.3 Å². The summed E-state index contributed by atoms with van der Waals surface area (Å²) in [6.45, 7) is 8.76. The van der Waals surface area contributed by atoms with E-state index in [1.165, 1.54) is 23.3 Å². The number of carbonyl (C=O) groups is 2. The number of hydroxylamine groups is 2. The van der Waals surface area contributed by atoms with Gasteiger partial charge in [0.1, 0.15) is 23.8 Å². The smallest absolute Gasteiger partial charge is 0.458 e. The first-order valence-electron chi connectivity index (χ1n) is 16.2. The average Bonchev–Trinajstić information content (AvgIpc) is 3.06. The summed E-state index contributed by atoms with van der Waals surface area (Å²) in [6.07, 6.45) is -0.207. The molecule has 12 heteroatoms. The number of aliphatic hydroxyl groups is 1. The quantitative estimate of drug-likeness (QED) is 0.133. The number of ether oxygens (including phenoxy) is 2. The lowest BCUT2D eigenvalue weighted by Crippen LogP contribution is -2.46. The molecule has 1 aliphatic rings. The highest BCUT2D eigenvalue weighted by Crippen LogP contribution is 2.35. The van der Waals surface area contributed by atoms with Crippen molar-refractivity contribution in [2.45, 2.75) is 71.9 Å². The van der Waals surface area contributed by atoms with Gasteiger partial charge in [-0.15, -0.1) is 5.06 Å². The standard InChI is InChI=1S/C37H42FN5O6/c1-24-31(23-47-34(45)32(22-44)43(21-26-11-7-6-8-12-26)49-36(46)48-37(3,4)5)40-35(39-29-17-15-28(38)16-18-29)41-33(24)42-20-19-27-13-9-10-14-30(27)25(42)2/h6-18,25,32,44H,19-23H2,1-5H3,(H,39,40,41)/t25?,32-/m0/s1. The molecule has 11 nitrogen and oxygen atoms in total. The fourth-order valence-electron chi connectivity index (χ4n) is 5.60. The third kappa shape index (κ3) is 9.09. The van der Waals surface area contributed by atoms with E-state index in [0.717, 1.165) is 17.0 Å². The number of aliphatic hydroxyl groups excluding tert-OH is 1. The number of aromatic nitrogens is 2. The molecule has 2 atom stereocenters. The summed E-state index contributed by atoms with van der Waals surface area (Å²) < 4.78 is 24.7. The lowest BCUT2D eigenvalue weighted by atomic mass is 9.93. The van der Waals surface area contributed by atoms with Crippen LogP contribution >= 0.6 is 0 Å². The molecule has 1 aliphatic heterocycles. The molecule has 258 valence electrons. The van der Waals surface area contributed by atoms with E-state index in [9.17, 15) is 19.1 Å². The summed E-state index contributed by atoms with van der Waals surface area (Å²) >= 11 is 0. The highest BCUT2D eigenvalue weighted by Gasteiger charge is 2.33. The first-order chi connectivity index (χ1) is 23.4. The van der Waals surface area contributed by atoms with Crippen LogP contribution in [0, 0.1) is 12.7 Å². The Hall–Kier alpha value is -5.07. The second kappa shape index (κ2) is 15.4. The molecule has 4 aromatic rings. The second-order valence-electron chi connectivity index (χ2n) is 12.8. The van der Waals surface area contributed by atoms with E-state index in [1.807, 2.05) is 37.3 Å². The Morgan fingerprint density at radius 2 is 1.73 bits per heavy atom. The predicted molar refractivity (Wildman–Crippen MR) is 182 cm³/mol. The molecule has 0 saturated heterocycles. The van der Waals surface area contributed by atoms with Gasteiger partial charge in [-0.3, -0.25) is 4.79 Å². The van der Waals surface area contributed by atoms with Crippen LogP contribution in [-0.4, -0.2) is 57.1 Å². The zero-order valence-corrected chi connectivity index (χ0v) is 28.4. The molecular formula is C37H42FN5O6. The van der Waals surface area contributed by atoms with Crippen LogP contribution in [0.25, 0.3) is 0 Å². The largest absolute Gasteiger partial charge is 0.528 e. The minimum absolute atomic E-state index is 0.00272. The Kier molecular flexibility index (Phi) is 11.1. The Labute approximate surface area is 285 Å². The first-order valence-corrected chi connectivity index (χ1v) is 16.2. The number of carbonyl (C=O) groups excluding carboxylic acids is 2. The van der Waals surface area contributed by atoms with Crippen molar-refractivity contribution >= 4 is 29.6 Å². The number of nitrogens with one attached hydrogen (secondary N) is 1. The van der Waals surface area contributed by atoms with Crippen molar-refractivity contribution in [3.63, 3.8) is 0 Å². The lowest BCUT2D eigenvalue weighted by Gasteiger charge is -2.37. The summed E-state index contributed by atoms with van der Waals surface area (Å²) in [5.41, 5.74) is 4.06. The number of nitrogens with zero attached hydrogens (tertiary/aromatic N) is 4. The third-order valence-corrected chi connectivity index (χ3v) is 8.09. The molecule has 2 N–H and O–H groups in total. The molecule has 0 bridgehead atoms. The topological polar surface area (TPSA) is 126 Å². The van der Waals surface area contributed by atoms with Crippen molar-refractivity contribution in [2.24, 2.45) is 0 Å². The number of fused-ring (bicyclic) bond motifs is 1. The van der Waals surface area contributed by atoms with Crippen LogP contribution in [0.15, 0.2) is 78.9 Å². The van der Waals surface area contributed by atoms with Crippen LogP contribution in [0.4, 0.5) is 26.6 Å². The third-order valence-electron chi connectivity index (χ3n) is 8.09. The molecule has 0 spiro atoms. The molecule has 0 radical (unpaired) electrons. The molecule has 0 saturated carbocycles. The summed E-state index contributed by atoms with van der Waals surface area (Å²) in [4.78, 5) is 43.4. The maximum atomic E-state index is 13.6. The lowest BCUT2D eigenvalue weighted by molar-refractivity contribution is -0.197. The molecule has 1 unspecified atom stereocenters. The van der Waals surface area contributed by atoms with Crippen LogP contribution in [0.3, 0.4) is 0 Å². The highest BCUT2D eigenvalue weighted by molar-refractivity contribution is 5.76. The summed E-state index contributed by atoms with van der Waals surface area (Å²) in [6, 6.07) is 21.8. The molecule has 5 rings (SSSR count). The van der Waals surface area contributed by atoms with Gasteiger partial charge in [-0.25, -0.2) is 14.2 Å². The van der Waals surface area contributed by atoms with Crippen LogP contribution in [0.5, 0.6) is 0 Å². The van der Waals surface area contributed by atoms with E-state index in [0.29, 0.717) is 29.3 Å². The van der Waals surface area contributed by atoms with Crippen LogP contribution < -0.4 is 10.2 Å². The minimum atomic E-state index is -1.37. The van der Waals surface area contributed by atoms with E-state index < -0.39 is 30.4 Å². The fraction of sp³-hybridized carbons (Fsp3) is 0.351. The van der Waals surface area contributed by atoms with Gasteiger partial charge in [-0.05, 0) is 82.0 Å². The predicted octanol–water partition coefficient (Wildman–Crippen LogP) is 6.56. The van der Waals surface area contributed by atoms with Crippen molar-refractivity contribution in [1.82, 2.24) is 15.0 Å². The Bertz CT molecular complexity index is 1750. The van der Waals surface area contributed by atoms with E-state index >= 15 is 0 Å². The van der Waals surface area contributed by atoms with Gasteiger partial charge in [0.25, 0.3) is 0 Å². The molecule has 0 amide bonds. The molecule has 0 fully saturated rings. The van der Waals surface area contributed by atoms with Crippen molar-refractivity contribution in [3.05, 3.63) is 113 Å².